The Hall–Kier alpha value is -1.06. The highest BCUT2D eigenvalue weighted by Gasteiger charge is 2.29. The average molecular weight is 210 g/mol. The van der Waals surface area contributed by atoms with Crippen molar-refractivity contribution >= 4 is 11.8 Å². The Bertz CT molecular complexity index is 272. The van der Waals surface area contributed by atoms with E-state index in [2.05, 4.69) is 17.6 Å². The number of hydrogen-bond acceptors (Lipinski definition) is 2. The monoisotopic (exact) mass is 210 g/mol. The first kappa shape index (κ1) is 10.5. The Balaban J connectivity index is 1.66. The van der Waals surface area contributed by atoms with Crippen molar-refractivity contribution in [1.82, 2.24) is 10.6 Å². The largest absolute Gasteiger partial charge is 0.354 e. The van der Waals surface area contributed by atoms with Crippen molar-refractivity contribution in [2.75, 3.05) is 6.54 Å². The third kappa shape index (κ3) is 2.49. The first-order valence-electron chi connectivity index (χ1n) is 5.72. The maximum absolute atomic E-state index is 11.6. The van der Waals surface area contributed by atoms with Crippen LogP contribution in [0.3, 0.4) is 0 Å². The highest BCUT2D eigenvalue weighted by molar-refractivity contribution is 5.90. The quantitative estimate of drug-likeness (QED) is 0.709. The van der Waals surface area contributed by atoms with Crippen LogP contribution in [0.5, 0.6) is 0 Å². The normalized spacial score (nSPS) is 34.5. The van der Waals surface area contributed by atoms with E-state index >= 15 is 0 Å². The summed E-state index contributed by atoms with van der Waals surface area (Å²) in [6.45, 7) is 3.01. The summed E-state index contributed by atoms with van der Waals surface area (Å²) < 4.78 is 0. The van der Waals surface area contributed by atoms with E-state index in [0.29, 0.717) is 18.8 Å². The topological polar surface area (TPSA) is 58.2 Å². The van der Waals surface area contributed by atoms with Crippen LogP contribution in [0.15, 0.2) is 0 Å². The molecule has 0 radical (unpaired) electrons. The molecule has 0 aromatic heterocycles. The maximum Gasteiger partial charge on any atom is 0.242 e. The fraction of sp³-hybridized carbons (Fsp3) is 0.818. The van der Waals surface area contributed by atoms with E-state index in [0.717, 1.165) is 12.5 Å². The lowest BCUT2D eigenvalue weighted by molar-refractivity contribution is -0.126. The molecule has 2 amide bonds. The SMILES string of the molecule is CC1CC(CNC(=O)[C@@H]2CCC(=O)N2)C1. The molecule has 2 fully saturated rings. The van der Waals surface area contributed by atoms with E-state index in [9.17, 15) is 9.59 Å². The van der Waals surface area contributed by atoms with Gasteiger partial charge in [-0.2, -0.15) is 0 Å². The third-order valence-corrected chi connectivity index (χ3v) is 3.35. The Morgan fingerprint density at radius 3 is 2.80 bits per heavy atom. The van der Waals surface area contributed by atoms with Crippen molar-refractivity contribution in [3.63, 3.8) is 0 Å². The molecule has 0 spiro atoms. The summed E-state index contributed by atoms with van der Waals surface area (Å²) in [5.74, 6) is 1.45. The second-order valence-corrected chi connectivity index (χ2v) is 4.85. The Kier molecular flexibility index (Phi) is 2.93. The van der Waals surface area contributed by atoms with Gasteiger partial charge in [-0.05, 0) is 31.1 Å². The first-order chi connectivity index (χ1) is 7.15. The van der Waals surface area contributed by atoms with Gasteiger partial charge in [0.15, 0.2) is 0 Å². The predicted molar refractivity (Wildman–Crippen MR) is 56.1 cm³/mol. The summed E-state index contributed by atoms with van der Waals surface area (Å²) >= 11 is 0. The lowest BCUT2D eigenvalue weighted by Crippen LogP contribution is -2.44. The fourth-order valence-corrected chi connectivity index (χ4v) is 2.41. The zero-order valence-corrected chi connectivity index (χ0v) is 9.08. The van der Waals surface area contributed by atoms with Gasteiger partial charge in [-0.3, -0.25) is 9.59 Å². The molecule has 0 aromatic rings. The van der Waals surface area contributed by atoms with E-state index in [-0.39, 0.29) is 17.9 Å². The fourth-order valence-electron chi connectivity index (χ4n) is 2.41. The molecule has 2 N–H and O–H groups in total. The molecular formula is C11H18N2O2. The van der Waals surface area contributed by atoms with Crippen LogP contribution in [0.25, 0.3) is 0 Å². The lowest BCUT2D eigenvalue weighted by Gasteiger charge is -2.32. The molecule has 4 heteroatoms. The van der Waals surface area contributed by atoms with Crippen LogP contribution in [0.2, 0.25) is 0 Å². The predicted octanol–water partition coefficient (Wildman–Crippen LogP) is 0.427. The van der Waals surface area contributed by atoms with Crippen molar-refractivity contribution < 1.29 is 9.59 Å². The average Bonchev–Trinajstić information content (AvgIpc) is 2.57. The van der Waals surface area contributed by atoms with Gasteiger partial charge in [0.1, 0.15) is 6.04 Å². The molecule has 0 unspecified atom stereocenters. The molecule has 2 aliphatic rings. The van der Waals surface area contributed by atoms with Gasteiger partial charge in [-0.15, -0.1) is 0 Å². The van der Waals surface area contributed by atoms with Gasteiger partial charge in [-0.1, -0.05) is 6.92 Å². The molecule has 2 rings (SSSR count). The first-order valence-corrected chi connectivity index (χ1v) is 5.72. The Morgan fingerprint density at radius 2 is 2.27 bits per heavy atom. The maximum atomic E-state index is 11.6. The summed E-state index contributed by atoms with van der Waals surface area (Å²) in [4.78, 5) is 22.5. The van der Waals surface area contributed by atoms with Gasteiger partial charge in [0.2, 0.25) is 11.8 Å². The van der Waals surface area contributed by atoms with Crippen molar-refractivity contribution in [1.29, 1.82) is 0 Å². The second-order valence-electron chi connectivity index (χ2n) is 4.85. The van der Waals surface area contributed by atoms with E-state index < -0.39 is 0 Å². The Morgan fingerprint density at radius 1 is 1.53 bits per heavy atom. The molecule has 15 heavy (non-hydrogen) atoms. The van der Waals surface area contributed by atoms with E-state index in [1.807, 2.05) is 0 Å². The van der Waals surface area contributed by atoms with Gasteiger partial charge in [-0.25, -0.2) is 0 Å². The minimum Gasteiger partial charge on any atom is -0.354 e. The molecular weight excluding hydrogens is 192 g/mol. The molecule has 1 atom stereocenters. The van der Waals surface area contributed by atoms with Crippen LogP contribution in [0, 0.1) is 11.8 Å². The molecule has 1 saturated heterocycles. The van der Waals surface area contributed by atoms with Gasteiger partial charge in [0, 0.05) is 13.0 Å². The van der Waals surface area contributed by atoms with E-state index in [1.54, 1.807) is 0 Å². The summed E-state index contributed by atoms with van der Waals surface area (Å²) in [6.07, 6.45) is 3.57. The van der Waals surface area contributed by atoms with Gasteiger partial charge >= 0.3 is 0 Å². The summed E-state index contributed by atoms with van der Waals surface area (Å²) in [5.41, 5.74) is 0. The number of carbonyl (C=O) groups is 2. The van der Waals surface area contributed by atoms with Crippen molar-refractivity contribution in [3.8, 4) is 0 Å². The van der Waals surface area contributed by atoms with Crippen LogP contribution >= 0.6 is 0 Å². The minimum atomic E-state index is -0.282. The van der Waals surface area contributed by atoms with Crippen LogP contribution in [0.1, 0.15) is 32.6 Å². The standard InChI is InChI=1S/C11H18N2O2/c1-7-4-8(5-7)6-12-11(15)9-2-3-10(14)13-9/h7-9H,2-6H2,1H3,(H,12,15)(H,13,14)/t7?,8?,9-/m0/s1. The van der Waals surface area contributed by atoms with Gasteiger partial charge in [0.25, 0.3) is 0 Å². The number of amides is 2. The van der Waals surface area contributed by atoms with Crippen LogP contribution in [0.4, 0.5) is 0 Å². The molecule has 0 aromatic carbocycles. The zero-order chi connectivity index (χ0) is 10.8. The van der Waals surface area contributed by atoms with Crippen LogP contribution in [-0.2, 0) is 9.59 Å². The van der Waals surface area contributed by atoms with Crippen LogP contribution in [-0.4, -0.2) is 24.4 Å². The van der Waals surface area contributed by atoms with Gasteiger partial charge < -0.3 is 10.6 Å². The summed E-state index contributed by atoms with van der Waals surface area (Å²) in [7, 11) is 0. The molecule has 84 valence electrons. The molecule has 0 bridgehead atoms. The molecule has 1 aliphatic heterocycles. The third-order valence-electron chi connectivity index (χ3n) is 3.35. The van der Waals surface area contributed by atoms with E-state index in [4.69, 9.17) is 0 Å². The lowest BCUT2D eigenvalue weighted by atomic mass is 9.76. The zero-order valence-electron chi connectivity index (χ0n) is 9.08. The highest BCUT2D eigenvalue weighted by atomic mass is 16.2. The number of nitrogens with one attached hydrogen (secondary N) is 2. The summed E-state index contributed by atoms with van der Waals surface area (Å²) in [5, 5.41) is 5.59. The number of carbonyl (C=O) groups excluding carboxylic acids is 2. The summed E-state index contributed by atoms with van der Waals surface area (Å²) in [6, 6.07) is -0.282. The molecule has 1 heterocycles. The molecule has 1 saturated carbocycles. The number of hydrogen-bond donors (Lipinski definition) is 2. The number of rotatable bonds is 3. The van der Waals surface area contributed by atoms with Crippen molar-refractivity contribution in [3.05, 3.63) is 0 Å². The van der Waals surface area contributed by atoms with Crippen LogP contribution < -0.4 is 10.6 Å². The molecule has 4 nitrogen and oxygen atoms in total. The minimum absolute atomic E-state index is 0.00702. The smallest absolute Gasteiger partial charge is 0.242 e. The highest BCUT2D eigenvalue weighted by Crippen LogP contribution is 2.32. The van der Waals surface area contributed by atoms with Gasteiger partial charge in [0.05, 0.1) is 0 Å². The second kappa shape index (κ2) is 4.21. The van der Waals surface area contributed by atoms with Crippen molar-refractivity contribution in [2.24, 2.45) is 11.8 Å². The van der Waals surface area contributed by atoms with E-state index in [1.165, 1.54) is 12.8 Å². The molecule has 1 aliphatic carbocycles. The van der Waals surface area contributed by atoms with Crippen molar-refractivity contribution in [2.45, 2.75) is 38.6 Å². The Labute approximate surface area is 89.8 Å².